The summed E-state index contributed by atoms with van der Waals surface area (Å²) in [6.07, 6.45) is 6.82. The molecule has 45 heavy (non-hydrogen) atoms. The third-order valence-electron chi connectivity index (χ3n) is 10.3. The Morgan fingerprint density at radius 2 is 1.20 bits per heavy atom. The molecule has 2 aromatic heterocycles. The van der Waals surface area contributed by atoms with Crippen LogP contribution in [0.2, 0.25) is 0 Å². The van der Waals surface area contributed by atoms with Crippen LogP contribution >= 0.6 is 0 Å². The Morgan fingerprint density at radius 3 is 1.98 bits per heavy atom. The van der Waals surface area contributed by atoms with Crippen LogP contribution < -0.4 is 0 Å². The minimum absolute atomic E-state index is 1.10. The van der Waals surface area contributed by atoms with Crippen LogP contribution in [0.1, 0.15) is 17.5 Å². The fourth-order valence-corrected chi connectivity index (χ4v) is 8.28. The van der Waals surface area contributed by atoms with E-state index in [1.54, 1.807) is 0 Å². The van der Waals surface area contributed by atoms with E-state index < -0.39 is 0 Å². The minimum Gasteiger partial charge on any atom is -0.308 e. The van der Waals surface area contributed by atoms with E-state index in [2.05, 4.69) is 138 Å². The number of aryl methyl sites for hydroxylation is 1. The molecule has 0 aliphatic heterocycles. The summed E-state index contributed by atoms with van der Waals surface area (Å²) in [5.41, 5.74) is 9.15. The molecule has 0 amide bonds. The van der Waals surface area contributed by atoms with Gasteiger partial charge in [0.1, 0.15) is 0 Å². The lowest BCUT2D eigenvalue weighted by Gasteiger charge is -2.12. The molecule has 10 aromatic rings. The van der Waals surface area contributed by atoms with Gasteiger partial charge in [-0.2, -0.15) is 0 Å². The van der Waals surface area contributed by atoms with Crippen LogP contribution in [-0.2, 0) is 6.42 Å². The SMILES string of the molecule is c1ccc2cc3c(cc2c#1)c1cc(-c2ccc4c5ccccc5c5ccccc5c4c2)cc2c4cc5c(cc4n3c21)C=CCC5. The number of aromatic nitrogens is 1. The average molecular weight is 568 g/mol. The second-order valence-electron chi connectivity index (χ2n) is 12.7. The predicted molar refractivity (Wildman–Crippen MR) is 192 cm³/mol. The molecule has 1 nitrogen and oxygen atoms in total. The minimum atomic E-state index is 1.10. The molecule has 0 fully saturated rings. The highest BCUT2D eigenvalue weighted by atomic mass is 14.9. The van der Waals surface area contributed by atoms with Gasteiger partial charge in [0.15, 0.2) is 0 Å². The fraction of sp³-hybridized carbons (Fsp3) is 0.0455. The number of benzene rings is 7. The zero-order valence-electron chi connectivity index (χ0n) is 24.5. The second kappa shape index (κ2) is 8.41. The normalized spacial score (nSPS) is 13.3. The maximum atomic E-state index is 3.36. The van der Waals surface area contributed by atoms with E-state index in [1.165, 1.54) is 98.1 Å². The topological polar surface area (TPSA) is 4.41 Å². The Hall–Kier alpha value is -5.84. The molecule has 11 rings (SSSR count). The Kier molecular flexibility index (Phi) is 4.41. The molecular formula is C44H25N. The number of rotatable bonds is 1. The van der Waals surface area contributed by atoms with Crippen molar-refractivity contribution in [1.82, 2.24) is 4.40 Å². The number of nitrogens with zero attached hydrogens (tertiary/aromatic N) is 1. The fourth-order valence-electron chi connectivity index (χ4n) is 8.28. The van der Waals surface area contributed by atoms with Crippen LogP contribution in [0.5, 0.6) is 0 Å². The third-order valence-corrected chi connectivity index (χ3v) is 10.3. The molecule has 0 unspecified atom stereocenters. The molecule has 0 saturated carbocycles. The van der Waals surface area contributed by atoms with Crippen molar-refractivity contribution in [3.63, 3.8) is 0 Å². The van der Waals surface area contributed by atoms with Crippen LogP contribution in [0.25, 0.3) is 98.4 Å². The number of hydrogen-bond donors (Lipinski definition) is 0. The van der Waals surface area contributed by atoms with E-state index >= 15 is 0 Å². The Bertz CT molecular complexity index is 2880. The summed E-state index contributed by atoms with van der Waals surface area (Å²) in [6.45, 7) is 0. The summed E-state index contributed by atoms with van der Waals surface area (Å²) in [4.78, 5) is 0. The third kappa shape index (κ3) is 3.09. The van der Waals surface area contributed by atoms with Gasteiger partial charge in [0.05, 0.1) is 16.6 Å². The highest BCUT2D eigenvalue weighted by Crippen LogP contribution is 2.45. The predicted octanol–water partition coefficient (Wildman–Crippen LogP) is 11.7. The van der Waals surface area contributed by atoms with Crippen LogP contribution in [0, 0.1) is 12.1 Å². The smallest absolute Gasteiger partial charge is 0.0620 e. The van der Waals surface area contributed by atoms with Gasteiger partial charge in [0.2, 0.25) is 0 Å². The van der Waals surface area contributed by atoms with Crippen molar-refractivity contribution in [2.75, 3.05) is 0 Å². The highest BCUT2D eigenvalue weighted by Gasteiger charge is 2.21. The summed E-state index contributed by atoms with van der Waals surface area (Å²) >= 11 is 0. The van der Waals surface area contributed by atoms with E-state index in [-0.39, 0.29) is 0 Å². The second-order valence-corrected chi connectivity index (χ2v) is 12.7. The van der Waals surface area contributed by atoms with Crippen molar-refractivity contribution in [2.45, 2.75) is 12.8 Å². The lowest BCUT2D eigenvalue weighted by Crippen LogP contribution is -1.94. The molecule has 206 valence electrons. The molecule has 0 atom stereocenters. The number of allylic oxidation sites excluding steroid dienone is 1. The first-order valence-corrected chi connectivity index (χ1v) is 15.8. The number of fused-ring (bicyclic) bond motifs is 14. The quantitative estimate of drug-likeness (QED) is 0.174. The van der Waals surface area contributed by atoms with Gasteiger partial charge < -0.3 is 4.40 Å². The van der Waals surface area contributed by atoms with E-state index in [0.29, 0.717) is 0 Å². The van der Waals surface area contributed by atoms with Crippen LogP contribution in [0.4, 0.5) is 0 Å². The zero-order chi connectivity index (χ0) is 29.2. The first-order valence-electron chi connectivity index (χ1n) is 15.8. The van der Waals surface area contributed by atoms with Gasteiger partial charge in [-0.25, -0.2) is 0 Å². The molecule has 1 aliphatic carbocycles. The highest BCUT2D eigenvalue weighted by molar-refractivity contribution is 6.28. The van der Waals surface area contributed by atoms with Gasteiger partial charge >= 0.3 is 0 Å². The van der Waals surface area contributed by atoms with Gasteiger partial charge in [-0.05, 0) is 127 Å². The van der Waals surface area contributed by atoms with Crippen molar-refractivity contribution in [3.05, 3.63) is 145 Å². The van der Waals surface area contributed by atoms with E-state index in [0.717, 1.165) is 18.2 Å². The lowest BCUT2D eigenvalue weighted by atomic mass is 9.91. The van der Waals surface area contributed by atoms with Gasteiger partial charge in [0.25, 0.3) is 0 Å². The molecular weight excluding hydrogens is 542 g/mol. The van der Waals surface area contributed by atoms with Crippen molar-refractivity contribution < 1.29 is 0 Å². The van der Waals surface area contributed by atoms with E-state index in [4.69, 9.17) is 0 Å². The molecule has 0 spiro atoms. The monoisotopic (exact) mass is 567 g/mol. The molecule has 8 aromatic carbocycles. The van der Waals surface area contributed by atoms with Gasteiger partial charge in [0, 0.05) is 26.9 Å². The van der Waals surface area contributed by atoms with E-state index in [1.807, 2.05) is 6.07 Å². The molecule has 1 aliphatic rings. The summed E-state index contributed by atoms with van der Waals surface area (Å²) in [5, 5.41) is 15.4. The summed E-state index contributed by atoms with van der Waals surface area (Å²) in [7, 11) is 0. The standard InChI is InChI=1S/C44H25N/c1-3-11-28-24-42-38(20-26(28)9-1)40-22-31(23-41-39-21-27-10-2-4-12-29(27)25-43(39)45(42)44(40)41)30-17-18-36-34-15-6-5-13-32(34)33-14-7-8-16-35(33)37(36)19-30/h3-8,11-25H,1,9H2. The Balaban J connectivity index is 1.28. The summed E-state index contributed by atoms with van der Waals surface area (Å²) in [5.74, 6) is 0. The van der Waals surface area contributed by atoms with Crippen molar-refractivity contribution in [2.24, 2.45) is 0 Å². The van der Waals surface area contributed by atoms with Crippen LogP contribution in [0.15, 0.2) is 121 Å². The zero-order valence-corrected chi connectivity index (χ0v) is 24.5. The van der Waals surface area contributed by atoms with Gasteiger partial charge in [-0.3, -0.25) is 0 Å². The van der Waals surface area contributed by atoms with Crippen LogP contribution in [-0.4, -0.2) is 4.40 Å². The molecule has 0 N–H and O–H groups in total. The molecule has 2 heterocycles. The van der Waals surface area contributed by atoms with Crippen molar-refractivity contribution in [1.29, 1.82) is 0 Å². The number of hydrogen-bond acceptors (Lipinski definition) is 0. The van der Waals surface area contributed by atoms with E-state index in [9.17, 15) is 0 Å². The Labute approximate surface area is 259 Å². The summed E-state index contributed by atoms with van der Waals surface area (Å²) < 4.78 is 2.51. The molecule has 0 bridgehead atoms. The lowest BCUT2D eigenvalue weighted by molar-refractivity contribution is 0.989. The van der Waals surface area contributed by atoms with Crippen LogP contribution in [0.3, 0.4) is 0 Å². The van der Waals surface area contributed by atoms with Crippen molar-refractivity contribution in [3.8, 4) is 11.1 Å². The largest absolute Gasteiger partial charge is 0.308 e. The van der Waals surface area contributed by atoms with Gasteiger partial charge in [-0.1, -0.05) is 84.9 Å². The molecule has 1 heteroatoms. The Morgan fingerprint density at radius 1 is 0.533 bits per heavy atom. The first-order chi connectivity index (χ1) is 22.3. The van der Waals surface area contributed by atoms with Crippen molar-refractivity contribution >= 4 is 87.3 Å². The first kappa shape index (κ1) is 23.6. The average Bonchev–Trinajstić information content (AvgIpc) is 3.60. The maximum absolute atomic E-state index is 3.36. The van der Waals surface area contributed by atoms with Gasteiger partial charge in [-0.15, -0.1) is 0 Å². The molecule has 0 saturated heterocycles. The summed E-state index contributed by atoms with van der Waals surface area (Å²) in [6, 6.07) is 49.8. The maximum Gasteiger partial charge on any atom is 0.0620 e. The molecule has 0 radical (unpaired) electrons.